The van der Waals surface area contributed by atoms with Gasteiger partial charge in [-0.25, -0.2) is 29.9 Å². The third-order valence-corrected chi connectivity index (χ3v) is 12.7. The Kier molecular flexibility index (Phi) is 11.7. The minimum absolute atomic E-state index is 0.0449. The van der Waals surface area contributed by atoms with Gasteiger partial charge in [0.2, 0.25) is 0 Å². The first kappa shape index (κ1) is 45.7. The smallest absolute Gasteiger partial charge is 0.166 e. The fraction of sp³-hybridized carbons (Fsp3) is 0. The molecule has 0 bridgehead atoms. The molecule has 0 saturated carbocycles. The van der Waals surface area contributed by atoms with Crippen LogP contribution in [0, 0.1) is 0 Å². The monoisotopic (exact) mass is 881 g/mol. The molecule has 11 aromatic rings. The van der Waals surface area contributed by atoms with Crippen molar-refractivity contribution >= 4 is 155 Å². The van der Waals surface area contributed by atoms with Gasteiger partial charge in [-0.3, -0.25) is 0 Å². The molecule has 11 rings (SSSR count). The first-order chi connectivity index (χ1) is 34.4. The van der Waals surface area contributed by atoms with Crippen molar-refractivity contribution in [3.63, 3.8) is 0 Å². The molecule has 0 amide bonds. The lowest BCUT2D eigenvalue weighted by molar-refractivity contribution is 1.06. The van der Waals surface area contributed by atoms with Crippen molar-refractivity contribution in [1.82, 2.24) is 34.5 Å². The summed E-state index contributed by atoms with van der Waals surface area (Å²) < 4.78 is 2.18. The van der Waals surface area contributed by atoms with Gasteiger partial charge in [-0.1, -0.05) is 137 Å². The number of nitrogens with zero attached hydrogens (tertiary/aromatic N) is 7. The number of benzene rings is 8. The summed E-state index contributed by atoms with van der Waals surface area (Å²) in [6.45, 7) is 0. The van der Waals surface area contributed by atoms with E-state index in [0.29, 0.717) is 39.6 Å². The minimum atomic E-state index is 0.0449. The molecule has 3 heterocycles. The number of fused-ring (bicyclic) bond motifs is 3. The van der Waals surface area contributed by atoms with Crippen LogP contribution in [-0.2, 0) is 0 Å². The molecular formula is C54H25B10N7. The van der Waals surface area contributed by atoms with E-state index in [-0.39, 0.29) is 89.1 Å². The minimum Gasteiger partial charge on any atom is -0.309 e. The quantitative estimate of drug-likeness (QED) is 0.210. The van der Waals surface area contributed by atoms with Crippen LogP contribution >= 0.6 is 0 Å². The molecule has 0 aliphatic heterocycles. The Bertz CT molecular complexity index is 3890. The average molecular weight is 880 g/mol. The van der Waals surface area contributed by atoms with Crippen molar-refractivity contribution in [2.24, 2.45) is 0 Å². The molecule has 17 heteroatoms. The Hall–Kier alpha value is -7.77. The maximum atomic E-state index is 6.71. The zero-order valence-corrected chi connectivity index (χ0v) is 37.8. The summed E-state index contributed by atoms with van der Waals surface area (Å²) in [5, 5.41) is 2.05. The highest BCUT2D eigenvalue weighted by Gasteiger charge is 2.24. The molecule has 0 atom stereocenters. The van der Waals surface area contributed by atoms with Crippen LogP contribution in [0.25, 0.3) is 107 Å². The highest BCUT2D eigenvalue weighted by Crippen LogP contribution is 2.39. The van der Waals surface area contributed by atoms with Crippen molar-refractivity contribution < 1.29 is 0 Å². The van der Waals surface area contributed by atoms with E-state index in [1.807, 2.05) is 109 Å². The van der Waals surface area contributed by atoms with Gasteiger partial charge in [-0.15, -0.1) is 32.8 Å². The number of hydrogen-bond acceptors (Lipinski definition) is 6. The highest BCUT2D eigenvalue weighted by atomic mass is 15.1. The second-order valence-corrected chi connectivity index (χ2v) is 16.9. The van der Waals surface area contributed by atoms with E-state index in [1.54, 1.807) is 0 Å². The number of hydrogen-bond donors (Lipinski definition) is 0. The van der Waals surface area contributed by atoms with Gasteiger partial charge in [0, 0.05) is 44.2 Å². The molecule has 8 aromatic carbocycles. The Morgan fingerprint density at radius 2 is 0.648 bits per heavy atom. The SMILES string of the molecule is [B]c1c([B])c([B])c(-c2nc(-c3ccccc3)nc(-c3ccc(-n4c5ccccc5c5cc(-c6ccccc6)ccc54)c(-c4nc(-c5ccccc5)nc(-c5c([B])c([B])c([B])c([B])c5[B])n4)c3)n2)c([B])c1[B]. The van der Waals surface area contributed by atoms with Crippen LogP contribution in [0.2, 0.25) is 0 Å². The summed E-state index contributed by atoms with van der Waals surface area (Å²) >= 11 is 0. The van der Waals surface area contributed by atoms with E-state index in [2.05, 4.69) is 47.0 Å². The van der Waals surface area contributed by atoms with E-state index >= 15 is 0 Å². The summed E-state index contributed by atoms with van der Waals surface area (Å²) in [5.41, 5.74) is 8.10. The van der Waals surface area contributed by atoms with Gasteiger partial charge in [-0.2, -0.15) is 0 Å². The third kappa shape index (κ3) is 7.88. The van der Waals surface area contributed by atoms with Gasteiger partial charge in [0.05, 0.1) is 16.7 Å². The van der Waals surface area contributed by atoms with E-state index in [9.17, 15) is 0 Å². The van der Waals surface area contributed by atoms with Gasteiger partial charge in [0.15, 0.2) is 34.9 Å². The Morgan fingerprint density at radius 3 is 1.17 bits per heavy atom. The maximum Gasteiger partial charge on any atom is 0.166 e. The van der Waals surface area contributed by atoms with E-state index in [4.69, 9.17) is 108 Å². The predicted octanol–water partition coefficient (Wildman–Crippen LogP) is 0.761. The van der Waals surface area contributed by atoms with Crippen molar-refractivity contribution in [2.75, 3.05) is 0 Å². The van der Waals surface area contributed by atoms with Crippen LogP contribution in [0.15, 0.2) is 152 Å². The summed E-state index contributed by atoms with van der Waals surface area (Å²) in [6, 6.07) is 49.6. The highest BCUT2D eigenvalue weighted by molar-refractivity contribution is 6.69. The van der Waals surface area contributed by atoms with Crippen LogP contribution in [0.3, 0.4) is 0 Å². The number of para-hydroxylation sites is 1. The van der Waals surface area contributed by atoms with Gasteiger partial charge < -0.3 is 4.57 Å². The number of rotatable bonds is 8. The summed E-state index contributed by atoms with van der Waals surface area (Å²) in [6.07, 6.45) is 0. The normalized spacial score (nSPS) is 11.4. The lowest BCUT2D eigenvalue weighted by atomic mass is 9.60. The third-order valence-electron chi connectivity index (χ3n) is 12.7. The van der Waals surface area contributed by atoms with Crippen molar-refractivity contribution in [1.29, 1.82) is 0 Å². The zero-order chi connectivity index (χ0) is 49.2. The largest absolute Gasteiger partial charge is 0.309 e. The molecule has 0 N–H and O–H groups in total. The standard InChI is InChI=1S/C54H25B10N7/c55-39-37(40(56)44(60)47(63)43(39)59)53-67-49(27-14-6-2-7-15-27)65-51(69-53)30-21-23-36(71-34-19-11-10-18-31(34)32-24-29(20-22-35(32)71)26-12-4-1-5-13-26)33(25-30)52-66-50(28-16-8-3-9-17-28)68-54(70-52)38-41(57)45(61)48(64)46(62)42(38)58/h1-25H. The molecule has 0 saturated heterocycles. The van der Waals surface area contributed by atoms with E-state index in [0.717, 1.165) is 32.9 Å². The van der Waals surface area contributed by atoms with Crippen LogP contribution in [0.4, 0.5) is 0 Å². The van der Waals surface area contributed by atoms with Crippen LogP contribution in [-0.4, -0.2) is 113 Å². The lowest BCUT2D eigenvalue weighted by Gasteiger charge is -2.21. The molecular weight excluding hydrogens is 855 g/mol. The average Bonchev–Trinajstić information content (AvgIpc) is 3.74. The van der Waals surface area contributed by atoms with Crippen molar-refractivity contribution in [3.8, 4) is 85.1 Å². The van der Waals surface area contributed by atoms with Gasteiger partial charge >= 0.3 is 0 Å². The lowest BCUT2D eigenvalue weighted by Crippen LogP contribution is -2.55. The van der Waals surface area contributed by atoms with Crippen LogP contribution < -0.4 is 54.6 Å². The molecule has 0 spiro atoms. The summed E-state index contributed by atoms with van der Waals surface area (Å²) in [5.74, 6) is 1.32. The van der Waals surface area contributed by atoms with Crippen LogP contribution in [0.1, 0.15) is 0 Å². The predicted molar refractivity (Wildman–Crippen MR) is 299 cm³/mol. The van der Waals surface area contributed by atoms with E-state index in [1.165, 1.54) is 0 Å². The molecule has 7 nitrogen and oxygen atoms in total. The van der Waals surface area contributed by atoms with Gasteiger partial charge in [0.25, 0.3) is 0 Å². The first-order valence-electron chi connectivity index (χ1n) is 22.3. The van der Waals surface area contributed by atoms with Gasteiger partial charge in [0.1, 0.15) is 78.5 Å². The second kappa shape index (κ2) is 18.2. The molecule has 0 fully saturated rings. The van der Waals surface area contributed by atoms with Crippen LogP contribution in [0.5, 0.6) is 0 Å². The van der Waals surface area contributed by atoms with Crippen molar-refractivity contribution in [3.05, 3.63) is 152 Å². The molecule has 0 aliphatic rings. The Labute approximate surface area is 424 Å². The zero-order valence-electron chi connectivity index (χ0n) is 37.8. The molecule has 20 radical (unpaired) electrons. The second-order valence-electron chi connectivity index (χ2n) is 16.9. The molecule has 306 valence electrons. The molecule has 0 aliphatic carbocycles. The Balaban J connectivity index is 1.24. The fourth-order valence-electron chi connectivity index (χ4n) is 8.93. The summed E-state index contributed by atoms with van der Waals surface area (Å²) in [7, 11) is 64.9. The topological polar surface area (TPSA) is 82.3 Å². The molecule has 71 heavy (non-hydrogen) atoms. The fourth-order valence-corrected chi connectivity index (χ4v) is 8.93. The number of aromatic nitrogens is 7. The molecule has 3 aromatic heterocycles. The first-order valence-corrected chi connectivity index (χ1v) is 22.3. The Morgan fingerprint density at radius 1 is 0.268 bits per heavy atom. The maximum absolute atomic E-state index is 6.71. The summed E-state index contributed by atoms with van der Waals surface area (Å²) in [4.78, 5) is 30.2. The van der Waals surface area contributed by atoms with Crippen molar-refractivity contribution in [2.45, 2.75) is 0 Å². The van der Waals surface area contributed by atoms with E-state index < -0.39 is 0 Å². The van der Waals surface area contributed by atoms with Gasteiger partial charge in [-0.05, 0) is 47.5 Å². The molecule has 0 unspecified atom stereocenters.